The van der Waals surface area contributed by atoms with Gasteiger partial charge < -0.3 is 9.84 Å². The first-order valence-corrected chi connectivity index (χ1v) is 6.10. The molecule has 1 unspecified atom stereocenters. The first-order chi connectivity index (χ1) is 8.97. The number of aliphatic hydroxyl groups excluding tert-OH is 1. The number of ether oxygens (including phenoxy) is 1. The maximum Gasteiger partial charge on any atom is 0.418 e. The molecule has 1 aromatic rings. The van der Waals surface area contributed by atoms with E-state index in [1.54, 1.807) is 12.1 Å². The molecule has 106 valence electrons. The summed E-state index contributed by atoms with van der Waals surface area (Å²) in [4.78, 5) is 2.18. The number of nitrogens with zero attached hydrogens (tertiary/aromatic N) is 1. The second kappa shape index (κ2) is 5.90. The topological polar surface area (TPSA) is 32.7 Å². The highest BCUT2D eigenvalue weighted by atomic mass is 19.4. The van der Waals surface area contributed by atoms with Crippen molar-refractivity contribution < 1.29 is 23.0 Å². The number of halogens is 3. The zero-order valence-electron chi connectivity index (χ0n) is 10.4. The van der Waals surface area contributed by atoms with Crippen LogP contribution in [-0.4, -0.2) is 42.5 Å². The molecule has 1 fully saturated rings. The van der Waals surface area contributed by atoms with E-state index >= 15 is 0 Å². The van der Waals surface area contributed by atoms with Gasteiger partial charge in [0, 0.05) is 19.6 Å². The number of benzene rings is 1. The van der Waals surface area contributed by atoms with E-state index in [-0.39, 0.29) is 5.56 Å². The summed E-state index contributed by atoms with van der Waals surface area (Å²) in [5, 5.41) is 9.12. The summed E-state index contributed by atoms with van der Waals surface area (Å²) in [6, 6.07) is 5.90. The highest BCUT2D eigenvalue weighted by Crippen LogP contribution is 2.32. The van der Waals surface area contributed by atoms with Gasteiger partial charge in [0.25, 0.3) is 0 Å². The second-order valence-electron chi connectivity index (χ2n) is 4.57. The molecule has 1 aliphatic heterocycles. The molecule has 1 saturated heterocycles. The Labute approximate surface area is 109 Å². The average Bonchev–Trinajstić information content (AvgIpc) is 2.39. The molecule has 1 N–H and O–H groups in total. The lowest BCUT2D eigenvalue weighted by Crippen LogP contribution is -2.35. The van der Waals surface area contributed by atoms with Crippen molar-refractivity contribution in [3.05, 3.63) is 35.4 Å². The number of morpholine rings is 1. The number of alkyl halides is 3. The quantitative estimate of drug-likeness (QED) is 0.917. The molecule has 2 rings (SSSR count). The van der Waals surface area contributed by atoms with Gasteiger partial charge in [0.05, 0.1) is 13.2 Å². The third-order valence-corrected chi connectivity index (χ3v) is 3.12. The first-order valence-electron chi connectivity index (χ1n) is 6.10. The summed E-state index contributed by atoms with van der Waals surface area (Å²) in [5.41, 5.74) is 0.804. The Kier molecular flexibility index (Phi) is 4.44. The van der Waals surface area contributed by atoms with Crippen molar-refractivity contribution in [2.24, 2.45) is 0 Å². The number of rotatable bonds is 3. The van der Waals surface area contributed by atoms with Crippen molar-refractivity contribution in [3.63, 3.8) is 0 Å². The Morgan fingerprint density at radius 3 is 2.26 bits per heavy atom. The zero-order valence-corrected chi connectivity index (χ0v) is 10.4. The van der Waals surface area contributed by atoms with Crippen LogP contribution < -0.4 is 0 Å². The molecule has 19 heavy (non-hydrogen) atoms. The lowest BCUT2D eigenvalue weighted by Gasteiger charge is -2.26. The molecule has 1 heterocycles. The van der Waals surface area contributed by atoms with Crippen LogP contribution in [0.25, 0.3) is 0 Å². The van der Waals surface area contributed by atoms with Gasteiger partial charge in [-0.1, -0.05) is 24.3 Å². The van der Waals surface area contributed by atoms with Gasteiger partial charge in [-0.15, -0.1) is 0 Å². The minimum Gasteiger partial charge on any atom is -0.379 e. The van der Waals surface area contributed by atoms with E-state index in [4.69, 9.17) is 9.84 Å². The molecular formula is C13H16F3NO2. The Bertz CT molecular complexity index is 399. The Morgan fingerprint density at radius 2 is 1.74 bits per heavy atom. The molecule has 1 aliphatic rings. The predicted molar refractivity (Wildman–Crippen MR) is 63.6 cm³/mol. The Hall–Kier alpha value is -1.11. The van der Waals surface area contributed by atoms with E-state index in [1.807, 2.05) is 0 Å². The van der Waals surface area contributed by atoms with Crippen LogP contribution in [0.2, 0.25) is 0 Å². The van der Waals surface area contributed by atoms with Crippen molar-refractivity contribution in [2.75, 3.05) is 26.3 Å². The van der Waals surface area contributed by atoms with E-state index in [0.717, 1.165) is 18.7 Å². The van der Waals surface area contributed by atoms with Gasteiger partial charge in [0.2, 0.25) is 0 Å². The van der Waals surface area contributed by atoms with Crippen LogP contribution in [0.5, 0.6) is 0 Å². The van der Waals surface area contributed by atoms with Crippen molar-refractivity contribution in [1.29, 1.82) is 0 Å². The predicted octanol–water partition coefficient (Wildman–Crippen LogP) is 2.11. The maximum absolute atomic E-state index is 12.3. The maximum atomic E-state index is 12.3. The lowest BCUT2D eigenvalue weighted by atomic mass is 10.1. The minimum absolute atomic E-state index is 0.127. The highest BCUT2D eigenvalue weighted by molar-refractivity contribution is 5.25. The molecular weight excluding hydrogens is 259 g/mol. The van der Waals surface area contributed by atoms with Crippen LogP contribution in [0.3, 0.4) is 0 Å². The van der Waals surface area contributed by atoms with Crippen molar-refractivity contribution in [3.8, 4) is 0 Å². The third kappa shape index (κ3) is 3.92. The zero-order chi connectivity index (χ0) is 13.9. The fourth-order valence-corrected chi connectivity index (χ4v) is 2.01. The van der Waals surface area contributed by atoms with E-state index in [9.17, 15) is 13.2 Å². The van der Waals surface area contributed by atoms with Crippen LogP contribution in [0, 0.1) is 0 Å². The largest absolute Gasteiger partial charge is 0.418 e. The van der Waals surface area contributed by atoms with Crippen molar-refractivity contribution in [2.45, 2.75) is 18.8 Å². The second-order valence-corrected chi connectivity index (χ2v) is 4.57. The van der Waals surface area contributed by atoms with E-state index in [2.05, 4.69) is 4.90 Å². The molecule has 6 heteroatoms. The number of aliphatic hydroxyl groups is 1. The number of hydrogen-bond acceptors (Lipinski definition) is 3. The van der Waals surface area contributed by atoms with E-state index in [0.29, 0.717) is 19.8 Å². The fourth-order valence-electron chi connectivity index (χ4n) is 2.01. The molecule has 1 atom stereocenters. The summed E-state index contributed by atoms with van der Waals surface area (Å²) in [6.45, 7) is 3.71. The lowest BCUT2D eigenvalue weighted by molar-refractivity contribution is -0.206. The van der Waals surface area contributed by atoms with Crippen LogP contribution in [-0.2, 0) is 11.3 Å². The monoisotopic (exact) mass is 275 g/mol. The molecule has 0 aliphatic carbocycles. The summed E-state index contributed by atoms with van der Waals surface area (Å²) >= 11 is 0. The SMILES string of the molecule is OC(c1ccc(CN2CCOCC2)cc1)C(F)(F)F. The van der Waals surface area contributed by atoms with Gasteiger partial charge in [0.15, 0.2) is 6.10 Å². The standard InChI is InChI=1S/C13H16F3NO2/c14-13(15,16)12(18)11-3-1-10(2-4-11)9-17-5-7-19-8-6-17/h1-4,12,18H,5-9H2. The third-order valence-electron chi connectivity index (χ3n) is 3.12. The molecule has 0 radical (unpaired) electrons. The highest BCUT2D eigenvalue weighted by Gasteiger charge is 2.39. The summed E-state index contributed by atoms with van der Waals surface area (Å²) in [7, 11) is 0. The van der Waals surface area contributed by atoms with Crippen LogP contribution in [0.4, 0.5) is 13.2 Å². The molecule has 0 bridgehead atoms. The van der Waals surface area contributed by atoms with Gasteiger partial charge in [-0.25, -0.2) is 0 Å². The van der Waals surface area contributed by atoms with Crippen molar-refractivity contribution in [1.82, 2.24) is 4.90 Å². The molecule has 1 aromatic carbocycles. The number of hydrogen-bond donors (Lipinski definition) is 1. The first kappa shape index (κ1) is 14.3. The minimum atomic E-state index is -4.62. The van der Waals surface area contributed by atoms with Crippen molar-refractivity contribution >= 4 is 0 Å². The van der Waals surface area contributed by atoms with Gasteiger partial charge in [-0.3, -0.25) is 4.90 Å². The van der Waals surface area contributed by atoms with Crippen LogP contribution in [0.1, 0.15) is 17.2 Å². The summed E-state index contributed by atoms with van der Waals surface area (Å²) in [6.07, 6.45) is -7.03. The van der Waals surface area contributed by atoms with Crippen LogP contribution in [0.15, 0.2) is 24.3 Å². The van der Waals surface area contributed by atoms with Gasteiger partial charge in [0.1, 0.15) is 0 Å². The van der Waals surface area contributed by atoms with Gasteiger partial charge >= 0.3 is 6.18 Å². The van der Waals surface area contributed by atoms with E-state index in [1.165, 1.54) is 12.1 Å². The molecule has 0 amide bonds. The van der Waals surface area contributed by atoms with Gasteiger partial charge in [-0.05, 0) is 11.1 Å². The molecule has 0 saturated carbocycles. The Morgan fingerprint density at radius 1 is 1.16 bits per heavy atom. The molecule has 3 nitrogen and oxygen atoms in total. The summed E-state index contributed by atoms with van der Waals surface area (Å²) < 4.78 is 42.2. The Balaban J connectivity index is 1.98. The summed E-state index contributed by atoms with van der Waals surface area (Å²) in [5.74, 6) is 0. The molecule has 0 aromatic heterocycles. The normalized spacial score (nSPS) is 19.4. The fraction of sp³-hybridized carbons (Fsp3) is 0.538. The van der Waals surface area contributed by atoms with E-state index < -0.39 is 12.3 Å². The van der Waals surface area contributed by atoms with Crippen LogP contribution >= 0.6 is 0 Å². The van der Waals surface area contributed by atoms with Gasteiger partial charge in [-0.2, -0.15) is 13.2 Å². The smallest absolute Gasteiger partial charge is 0.379 e. The molecule has 0 spiro atoms. The average molecular weight is 275 g/mol.